The molecule has 0 aliphatic heterocycles. The molecule has 30 heavy (non-hydrogen) atoms. The molecule has 0 fully saturated rings. The van der Waals surface area contributed by atoms with Crippen LogP contribution in [0.2, 0.25) is 0 Å². The Balaban J connectivity index is 1.67. The zero-order chi connectivity index (χ0) is 22.0. The highest BCUT2D eigenvalue weighted by atomic mass is 31.2. The Labute approximate surface area is 174 Å². The number of fused-ring (bicyclic) bond motifs is 1. The molecule has 0 aliphatic carbocycles. The second kappa shape index (κ2) is 11.9. The fourth-order valence-electron chi connectivity index (χ4n) is 2.72. The number of H-pyrrole nitrogens is 1. The predicted octanol–water partition coefficient (Wildman–Crippen LogP) is -0.274. The number of rotatable bonds is 15. The molecule has 0 saturated carbocycles. The topological polar surface area (TPSA) is 186 Å². The number of hydrogen-bond donors (Lipinski definition) is 6. The number of ether oxygens (including phenoxy) is 1. The van der Waals surface area contributed by atoms with E-state index < -0.39 is 13.1 Å². The summed E-state index contributed by atoms with van der Waals surface area (Å²) in [6.07, 6.45) is 3.86. The van der Waals surface area contributed by atoms with E-state index in [1.54, 1.807) is 4.57 Å². The van der Waals surface area contributed by atoms with Crippen LogP contribution < -0.4 is 27.4 Å². The monoisotopic (exact) mass is 442 g/mol. The van der Waals surface area contributed by atoms with E-state index in [0.29, 0.717) is 24.3 Å². The number of unbranched alkanes of at least 4 members (excludes halogenated alkanes) is 1. The van der Waals surface area contributed by atoms with Gasteiger partial charge in [0.05, 0.1) is 12.9 Å². The first-order valence-electron chi connectivity index (χ1n) is 9.75. The first kappa shape index (κ1) is 24.2. The molecule has 0 aliphatic rings. The third kappa shape index (κ3) is 7.98. The fraction of sp³-hybridized carbons (Fsp3) is 0.588. The number of nitrogen functional groups attached to an aromatic ring is 1. The van der Waals surface area contributed by atoms with Gasteiger partial charge in [-0.1, -0.05) is 6.58 Å². The summed E-state index contributed by atoms with van der Waals surface area (Å²) in [5.41, 5.74) is 11.7. The standard InChI is InChI=1S/C17H31N8O4P/c1-13(9-25-11-21-14-15(25)23-17(19)24-16(14)26)10-29-12-30(27,28)22-8-4-7-20-6-3-2-5-18/h11,20H,1-10,12,18H2,(H2,22,27,28)(H3,19,23,24,26). The van der Waals surface area contributed by atoms with E-state index in [4.69, 9.17) is 16.2 Å². The van der Waals surface area contributed by atoms with Crippen molar-refractivity contribution in [3.05, 3.63) is 28.8 Å². The molecule has 0 saturated heterocycles. The van der Waals surface area contributed by atoms with Gasteiger partial charge in [0.15, 0.2) is 11.2 Å². The number of imidazole rings is 1. The van der Waals surface area contributed by atoms with Gasteiger partial charge in [-0.25, -0.2) is 10.1 Å². The van der Waals surface area contributed by atoms with Crippen molar-refractivity contribution in [3.63, 3.8) is 0 Å². The highest BCUT2D eigenvalue weighted by Gasteiger charge is 2.17. The fourth-order valence-corrected chi connectivity index (χ4v) is 3.66. The SMILES string of the molecule is C=C(COCP(=O)(O)NCCCNCCCCN)Cn1cnc2c(=O)[nH]c(N)nc21. The Kier molecular flexibility index (Phi) is 9.63. The molecule has 0 bridgehead atoms. The summed E-state index contributed by atoms with van der Waals surface area (Å²) >= 11 is 0. The van der Waals surface area contributed by atoms with Crippen LogP contribution >= 0.6 is 7.52 Å². The normalized spacial score (nSPS) is 13.5. The van der Waals surface area contributed by atoms with E-state index in [1.807, 2.05) is 0 Å². The van der Waals surface area contributed by atoms with Crippen LogP contribution in [0.15, 0.2) is 23.3 Å². The van der Waals surface area contributed by atoms with E-state index in [9.17, 15) is 14.3 Å². The van der Waals surface area contributed by atoms with Gasteiger partial charge in [-0.3, -0.25) is 14.3 Å². The van der Waals surface area contributed by atoms with E-state index in [2.05, 4.69) is 31.9 Å². The largest absolute Gasteiger partial charge is 0.369 e. The first-order chi connectivity index (χ1) is 14.3. The Morgan fingerprint density at radius 1 is 1.33 bits per heavy atom. The van der Waals surface area contributed by atoms with E-state index in [-0.39, 0.29) is 31.0 Å². The van der Waals surface area contributed by atoms with Gasteiger partial charge >= 0.3 is 0 Å². The lowest BCUT2D eigenvalue weighted by Gasteiger charge is -2.14. The number of aromatic amines is 1. The lowest BCUT2D eigenvalue weighted by atomic mass is 10.3. The molecule has 2 aromatic heterocycles. The average molecular weight is 442 g/mol. The molecular formula is C17H31N8O4P. The Morgan fingerprint density at radius 3 is 2.87 bits per heavy atom. The number of anilines is 1. The molecule has 12 nitrogen and oxygen atoms in total. The van der Waals surface area contributed by atoms with Gasteiger partial charge < -0.3 is 31.0 Å². The Bertz CT molecular complexity index is 928. The quantitative estimate of drug-likeness (QED) is 0.122. The zero-order valence-corrected chi connectivity index (χ0v) is 17.9. The van der Waals surface area contributed by atoms with Crippen molar-refractivity contribution < 1.29 is 14.2 Å². The van der Waals surface area contributed by atoms with Crippen molar-refractivity contribution in [2.45, 2.75) is 25.8 Å². The highest BCUT2D eigenvalue weighted by molar-refractivity contribution is 7.55. The predicted molar refractivity (Wildman–Crippen MR) is 116 cm³/mol. The summed E-state index contributed by atoms with van der Waals surface area (Å²) in [6.45, 7) is 7.00. The molecule has 8 N–H and O–H groups in total. The lowest BCUT2D eigenvalue weighted by Crippen LogP contribution is -2.23. The maximum Gasteiger partial charge on any atom is 0.292 e. The molecular weight excluding hydrogens is 411 g/mol. The molecule has 168 valence electrons. The minimum absolute atomic E-state index is 0.00540. The minimum atomic E-state index is -3.59. The van der Waals surface area contributed by atoms with Gasteiger partial charge in [-0.15, -0.1) is 0 Å². The number of nitrogens with two attached hydrogens (primary N) is 2. The Morgan fingerprint density at radius 2 is 2.10 bits per heavy atom. The summed E-state index contributed by atoms with van der Waals surface area (Å²) in [7, 11) is -3.59. The van der Waals surface area contributed by atoms with Crippen molar-refractivity contribution >= 4 is 24.6 Å². The van der Waals surface area contributed by atoms with Crippen LogP contribution in [0, 0.1) is 0 Å². The van der Waals surface area contributed by atoms with Gasteiger partial charge in [0.25, 0.3) is 13.1 Å². The van der Waals surface area contributed by atoms with Crippen LogP contribution in [-0.2, 0) is 15.8 Å². The molecule has 2 rings (SSSR count). The van der Waals surface area contributed by atoms with Gasteiger partial charge in [0.1, 0.15) is 6.35 Å². The summed E-state index contributed by atoms with van der Waals surface area (Å²) in [5.74, 6) is -0.00540. The maximum atomic E-state index is 12.1. The van der Waals surface area contributed by atoms with Gasteiger partial charge in [-0.2, -0.15) is 4.98 Å². The summed E-state index contributed by atoms with van der Waals surface area (Å²) in [5, 5.41) is 5.89. The van der Waals surface area contributed by atoms with Gasteiger partial charge in [-0.05, 0) is 44.5 Å². The molecule has 1 unspecified atom stereocenters. The molecule has 0 spiro atoms. The van der Waals surface area contributed by atoms with E-state index >= 15 is 0 Å². The summed E-state index contributed by atoms with van der Waals surface area (Å²) < 4.78 is 19.1. The third-order valence-corrected chi connectivity index (χ3v) is 5.41. The third-order valence-electron chi connectivity index (χ3n) is 4.16. The van der Waals surface area contributed by atoms with Crippen molar-refractivity contribution in [3.8, 4) is 0 Å². The first-order valence-corrected chi connectivity index (χ1v) is 11.6. The summed E-state index contributed by atoms with van der Waals surface area (Å²) in [4.78, 5) is 32.2. The van der Waals surface area contributed by atoms with Crippen LogP contribution in [0.25, 0.3) is 11.2 Å². The van der Waals surface area contributed by atoms with Gasteiger partial charge in [0, 0.05) is 13.1 Å². The number of aromatic nitrogens is 4. The van der Waals surface area contributed by atoms with Crippen LogP contribution in [-0.4, -0.2) is 63.5 Å². The van der Waals surface area contributed by atoms with E-state index in [0.717, 1.165) is 32.4 Å². The average Bonchev–Trinajstić information content (AvgIpc) is 3.06. The zero-order valence-electron chi connectivity index (χ0n) is 17.0. The molecule has 2 aromatic rings. The van der Waals surface area contributed by atoms with Crippen molar-refractivity contribution in [1.29, 1.82) is 0 Å². The van der Waals surface area contributed by atoms with Crippen molar-refractivity contribution in [1.82, 2.24) is 29.9 Å². The minimum Gasteiger partial charge on any atom is -0.369 e. The van der Waals surface area contributed by atoms with Crippen molar-refractivity contribution in [2.24, 2.45) is 5.73 Å². The molecule has 0 amide bonds. The van der Waals surface area contributed by atoms with Gasteiger partial charge in [0.2, 0.25) is 5.95 Å². The molecule has 13 heteroatoms. The Hall–Kier alpha value is -2.08. The second-order valence-electron chi connectivity index (χ2n) is 6.93. The maximum absolute atomic E-state index is 12.1. The second-order valence-corrected chi connectivity index (χ2v) is 8.91. The molecule has 2 heterocycles. The number of hydrogen-bond acceptors (Lipinski definition) is 8. The van der Waals surface area contributed by atoms with Crippen LogP contribution in [0.4, 0.5) is 5.95 Å². The molecule has 0 radical (unpaired) electrons. The molecule has 0 aromatic carbocycles. The van der Waals surface area contributed by atoms with Crippen LogP contribution in [0.5, 0.6) is 0 Å². The highest BCUT2D eigenvalue weighted by Crippen LogP contribution is 2.34. The smallest absolute Gasteiger partial charge is 0.292 e. The van der Waals surface area contributed by atoms with Crippen LogP contribution in [0.1, 0.15) is 19.3 Å². The summed E-state index contributed by atoms with van der Waals surface area (Å²) in [6, 6.07) is 0. The van der Waals surface area contributed by atoms with E-state index in [1.165, 1.54) is 6.33 Å². The molecule has 1 atom stereocenters. The number of nitrogens with zero attached hydrogens (tertiary/aromatic N) is 3. The number of nitrogens with one attached hydrogen (secondary N) is 3. The van der Waals surface area contributed by atoms with Crippen molar-refractivity contribution in [2.75, 3.05) is 44.9 Å². The van der Waals surface area contributed by atoms with Crippen LogP contribution in [0.3, 0.4) is 0 Å². The lowest BCUT2D eigenvalue weighted by molar-refractivity contribution is 0.188.